The van der Waals surface area contributed by atoms with Gasteiger partial charge in [0.1, 0.15) is 0 Å². The van der Waals surface area contributed by atoms with E-state index in [-0.39, 0.29) is 12.5 Å². The average molecular weight is 496 g/mol. The Balaban J connectivity index is 2.04. The molecule has 0 aliphatic carbocycles. The molecule has 0 saturated carbocycles. The molecule has 0 saturated heterocycles. The summed E-state index contributed by atoms with van der Waals surface area (Å²) >= 11 is 0. The quantitative estimate of drug-likeness (QED) is 0.324. The molecule has 2 atom stereocenters. The van der Waals surface area contributed by atoms with Crippen LogP contribution in [0.1, 0.15) is 38.8 Å². The molecule has 2 heterocycles. The van der Waals surface area contributed by atoms with Gasteiger partial charge in [-0.1, -0.05) is 26.0 Å². The lowest BCUT2D eigenvalue weighted by Gasteiger charge is -2.38. The van der Waals surface area contributed by atoms with Gasteiger partial charge in [0.2, 0.25) is 17.6 Å². The third-order valence-corrected chi connectivity index (χ3v) is 6.47. The van der Waals surface area contributed by atoms with Crippen molar-refractivity contribution in [3.05, 3.63) is 42.0 Å². The molecule has 9 nitrogen and oxygen atoms in total. The molecule has 4 rings (SSSR count). The second-order valence-corrected chi connectivity index (χ2v) is 9.04. The Labute approximate surface area is 210 Å². The van der Waals surface area contributed by atoms with Crippen LogP contribution in [0, 0.1) is 11.8 Å². The van der Waals surface area contributed by atoms with Gasteiger partial charge >= 0.3 is 5.97 Å². The molecule has 0 spiro atoms. The Hall–Kier alpha value is -3.75. The average Bonchev–Trinajstić information content (AvgIpc) is 3.25. The Kier molecular flexibility index (Phi) is 7.37. The van der Waals surface area contributed by atoms with Crippen LogP contribution in [0.25, 0.3) is 11.0 Å². The second-order valence-electron chi connectivity index (χ2n) is 9.04. The van der Waals surface area contributed by atoms with Crippen LogP contribution >= 0.6 is 0 Å². The summed E-state index contributed by atoms with van der Waals surface area (Å²) in [5, 5.41) is 0. The maximum atomic E-state index is 14.0. The number of ether oxygens (including phenoxy) is 4. The molecule has 0 radical (unpaired) electrons. The van der Waals surface area contributed by atoms with Crippen molar-refractivity contribution in [1.29, 1.82) is 0 Å². The number of hydrogen-bond acceptors (Lipinski definition) is 7. The minimum Gasteiger partial charge on any atom is -0.493 e. The predicted octanol–water partition coefficient (Wildman–Crippen LogP) is 4.22. The van der Waals surface area contributed by atoms with Gasteiger partial charge in [-0.3, -0.25) is 14.5 Å². The van der Waals surface area contributed by atoms with E-state index in [1.807, 2.05) is 28.8 Å². The number of fused-ring (bicyclic) bond motifs is 3. The lowest BCUT2D eigenvalue weighted by molar-refractivity contribution is -0.153. The molecule has 192 valence electrons. The zero-order valence-corrected chi connectivity index (χ0v) is 21.6. The first-order valence-corrected chi connectivity index (χ1v) is 12.1. The van der Waals surface area contributed by atoms with Gasteiger partial charge in [0.25, 0.3) is 0 Å². The van der Waals surface area contributed by atoms with E-state index in [1.165, 1.54) is 21.3 Å². The normalized spacial score (nSPS) is 17.3. The first-order chi connectivity index (χ1) is 17.4. The number of methoxy groups -OCH3 is 3. The van der Waals surface area contributed by atoms with E-state index in [0.717, 1.165) is 17.5 Å². The predicted molar refractivity (Wildman–Crippen MR) is 136 cm³/mol. The molecule has 0 bridgehead atoms. The van der Waals surface area contributed by atoms with E-state index >= 15 is 0 Å². The monoisotopic (exact) mass is 495 g/mol. The number of rotatable bonds is 9. The zero-order chi connectivity index (χ0) is 26.0. The summed E-state index contributed by atoms with van der Waals surface area (Å²) in [7, 11) is 4.58. The number of amides is 1. The van der Waals surface area contributed by atoms with E-state index in [4.69, 9.17) is 23.9 Å². The van der Waals surface area contributed by atoms with Crippen molar-refractivity contribution in [3.63, 3.8) is 0 Å². The van der Waals surface area contributed by atoms with Crippen LogP contribution in [0.3, 0.4) is 0 Å². The van der Waals surface area contributed by atoms with Crippen LogP contribution in [0.15, 0.2) is 36.4 Å². The van der Waals surface area contributed by atoms with Crippen LogP contribution in [0.4, 0.5) is 5.95 Å². The van der Waals surface area contributed by atoms with Crippen molar-refractivity contribution in [3.8, 4) is 17.2 Å². The number of anilines is 1. The Bertz CT molecular complexity index is 1270. The van der Waals surface area contributed by atoms with E-state index in [0.29, 0.717) is 41.2 Å². The standard InChI is InChI=1S/C27H33N3O6/c1-7-36-26(32)21-22(17-12-13-20(33-4)24(35-6)23(17)34-5)30-19-11-9-8-10-18(19)28-27(30)29(25(21)31)15-14-16(2)3/h8-13,16,21-22H,7,14-15H2,1-6H3/t21-,22+/m0/s1. The molecule has 1 aromatic heterocycles. The van der Waals surface area contributed by atoms with Crippen LogP contribution in [0.2, 0.25) is 0 Å². The number of nitrogens with zero attached hydrogens (tertiary/aromatic N) is 3. The highest BCUT2D eigenvalue weighted by molar-refractivity contribution is 6.08. The fraction of sp³-hybridized carbons (Fsp3) is 0.444. The first-order valence-electron chi connectivity index (χ1n) is 12.1. The number of hydrogen-bond donors (Lipinski definition) is 0. The number of para-hydroxylation sites is 2. The largest absolute Gasteiger partial charge is 0.493 e. The van der Waals surface area contributed by atoms with E-state index < -0.39 is 17.9 Å². The molecule has 1 aliphatic heterocycles. The van der Waals surface area contributed by atoms with E-state index in [9.17, 15) is 9.59 Å². The van der Waals surface area contributed by atoms with Crippen LogP contribution in [-0.2, 0) is 14.3 Å². The Morgan fingerprint density at radius 3 is 2.39 bits per heavy atom. The second kappa shape index (κ2) is 10.5. The van der Waals surface area contributed by atoms with Crippen molar-refractivity contribution < 1.29 is 28.5 Å². The lowest BCUT2D eigenvalue weighted by Crippen LogP contribution is -2.50. The summed E-state index contributed by atoms with van der Waals surface area (Å²) in [5.41, 5.74) is 2.11. The first kappa shape index (κ1) is 25.3. The molecule has 1 amide bonds. The van der Waals surface area contributed by atoms with Gasteiger partial charge in [0, 0.05) is 12.1 Å². The van der Waals surface area contributed by atoms with Gasteiger partial charge in [0.05, 0.1) is 45.0 Å². The maximum absolute atomic E-state index is 14.0. The smallest absolute Gasteiger partial charge is 0.321 e. The van der Waals surface area contributed by atoms with E-state index in [1.54, 1.807) is 24.0 Å². The summed E-state index contributed by atoms with van der Waals surface area (Å²) in [6.07, 6.45) is 0.759. The van der Waals surface area contributed by atoms with Crippen molar-refractivity contribution in [1.82, 2.24) is 9.55 Å². The van der Waals surface area contributed by atoms with Crippen LogP contribution < -0.4 is 19.1 Å². The highest BCUT2D eigenvalue weighted by Crippen LogP contribution is 2.49. The van der Waals surface area contributed by atoms with Gasteiger partial charge in [-0.15, -0.1) is 0 Å². The van der Waals surface area contributed by atoms with E-state index in [2.05, 4.69) is 13.8 Å². The van der Waals surface area contributed by atoms with Crippen LogP contribution in [0.5, 0.6) is 17.2 Å². The zero-order valence-electron chi connectivity index (χ0n) is 21.6. The Morgan fingerprint density at radius 2 is 1.75 bits per heavy atom. The molecule has 0 fully saturated rings. The molecule has 1 aliphatic rings. The number of aromatic nitrogens is 2. The third-order valence-electron chi connectivity index (χ3n) is 6.47. The molecular weight excluding hydrogens is 462 g/mol. The maximum Gasteiger partial charge on any atom is 0.321 e. The highest BCUT2D eigenvalue weighted by atomic mass is 16.5. The molecule has 2 aromatic carbocycles. The summed E-state index contributed by atoms with van der Waals surface area (Å²) in [6.45, 7) is 6.51. The number of esters is 1. The third kappa shape index (κ3) is 4.23. The fourth-order valence-corrected chi connectivity index (χ4v) is 4.78. The van der Waals surface area contributed by atoms with Gasteiger partial charge in [-0.25, -0.2) is 4.98 Å². The van der Waals surface area contributed by atoms with Gasteiger partial charge in [0.15, 0.2) is 17.4 Å². The summed E-state index contributed by atoms with van der Waals surface area (Å²) in [4.78, 5) is 33.9. The molecule has 9 heteroatoms. The van der Waals surface area contributed by atoms with Gasteiger partial charge in [-0.2, -0.15) is 0 Å². The summed E-state index contributed by atoms with van der Waals surface area (Å²) < 4.78 is 24.2. The van der Waals surface area contributed by atoms with Gasteiger partial charge in [-0.05, 0) is 43.5 Å². The molecule has 3 aromatic rings. The summed E-state index contributed by atoms with van der Waals surface area (Å²) in [5.74, 6) is -0.00822. The Morgan fingerprint density at radius 1 is 1.03 bits per heavy atom. The van der Waals surface area contributed by atoms with Gasteiger partial charge < -0.3 is 23.5 Å². The fourth-order valence-electron chi connectivity index (χ4n) is 4.78. The minimum absolute atomic E-state index is 0.155. The topological polar surface area (TPSA) is 92.1 Å². The van der Waals surface area contributed by atoms with Crippen molar-refractivity contribution in [2.75, 3.05) is 39.4 Å². The number of benzene rings is 2. The number of carbonyl (C=O) groups is 2. The van der Waals surface area contributed by atoms with Crippen LogP contribution in [-0.4, -0.2) is 55.9 Å². The lowest BCUT2D eigenvalue weighted by atomic mass is 9.88. The molecule has 0 N–H and O–H groups in total. The highest BCUT2D eigenvalue weighted by Gasteiger charge is 2.49. The number of imidazole rings is 1. The van der Waals surface area contributed by atoms with Crippen molar-refractivity contribution in [2.45, 2.75) is 33.2 Å². The van der Waals surface area contributed by atoms with Crippen molar-refractivity contribution in [2.24, 2.45) is 11.8 Å². The molecular formula is C27H33N3O6. The molecule has 36 heavy (non-hydrogen) atoms. The minimum atomic E-state index is -1.14. The SMILES string of the molecule is CCOC(=O)[C@@H]1C(=O)N(CCC(C)C)c2nc3ccccc3n2[C@@H]1c1ccc(OC)c(OC)c1OC. The summed E-state index contributed by atoms with van der Waals surface area (Å²) in [6, 6.07) is 10.4. The molecule has 0 unspecified atom stereocenters. The number of carbonyl (C=O) groups excluding carboxylic acids is 2. The van der Waals surface area contributed by atoms with Crippen molar-refractivity contribution >= 4 is 28.9 Å².